The highest BCUT2D eigenvalue weighted by atomic mass is 35.5. The summed E-state index contributed by atoms with van der Waals surface area (Å²) in [5.41, 5.74) is 2.33. The number of halogens is 1. The molecule has 1 N–H and O–H groups in total. The fourth-order valence-corrected chi connectivity index (χ4v) is 4.61. The van der Waals surface area contributed by atoms with Gasteiger partial charge in [-0.3, -0.25) is 4.79 Å². The summed E-state index contributed by atoms with van der Waals surface area (Å²) in [6.07, 6.45) is 3.63. The highest BCUT2D eigenvalue weighted by Gasteiger charge is 2.16. The summed E-state index contributed by atoms with van der Waals surface area (Å²) in [7, 11) is 0. The van der Waals surface area contributed by atoms with Crippen LogP contribution in [0.1, 0.15) is 27.8 Å². The van der Waals surface area contributed by atoms with Crippen molar-refractivity contribution >= 4 is 40.6 Å². The SMILES string of the molecule is O=C(CS[C@H](c1ccccc1)c1ccc(Cl)cc1)NCCCc1nccs1. The number of amides is 1. The van der Waals surface area contributed by atoms with Crippen molar-refractivity contribution in [2.75, 3.05) is 12.3 Å². The summed E-state index contributed by atoms with van der Waals surface area (Å²) in [5.74, 6) is 0.480. The van der Waals surface area contributed by atoms with E-state index in [1.807, 2.05) is 54.0 Å². The number of aromatic nitrogens is 1. The molecular formula is C21H21ClN2OS2. The van der Waals surface area contributed by atoms with E-state index in [2.05, 4.69) is 22.4 Å². The van der Waals surface area contributed by atoms with E-state index in [0.29, 0.717) is 17.3 Å². The van der Waals surface area contributed by atoms with Gasteiger partial charge in [-0.2, -0.15) is 0 Å². The molecule has 1 atom stereocenters. The van der Waals surface area contributed by atoms with E-state index in [0.717, 1.165) is 23.4 Å². The van der Waals surface area contributed by atoms with E-state index in [-0.39, 0.29) is 11.2 Å². The van der Waals surface area contributed by atoms with Gasteiger partial charge in [0.2, 0.25) is 5.91 Å². The molecule has 3 aromatic rings. The van der Waals surface area contributed by atoms with Crippen LogP contribution in [0.2, 0.25) is 5.02 Å². The number of nitrogens with one attached hydrogen (secondary N) is 1. The van der Waals surface area contributed by atoms with Gasteiger partial charge in [0, 0.05) is 29.6 Å². The van der Waals surface area contributed by atoms with Gasteiger partial charge in [-0.1, -0.05) is 54.1 Å². The number of thiazole rings is 1. The average molecular weight is 417 g/mol. The van der Waals surface area contributed by atoms with E-state index in [4.69, 9.17) is 11.6 Å². The van der Waals surface area contributed by atoms with Gasteiger partial charge in [0.05, 0.1) is 16.0 Å². The third-order valence-electron chi connectivity index (χ3n) is 4.03. The van der Waals surface area contributed by atoms with E-state index in [1.54, 1.807) is 23.1 Å². The van der Waals surface area contributed by atoms with E-state index in [1.165, 1.54) is 5.56 Å². The molecule has 0 aliphatic rings. The van der Waals surface area contributed by atoms with Gasteiger partial charge in [0.15, 0.2) is 0 Å². The predicted octanol–water partition coefficient (Wildman–Crippen LogP) is 5.37. The average Bonchev–Trinajstić information content (AvgIpc) is 3.21. The second-order valence-electron chi connectivity index (χ2n) is 6.03. The molecule has 2 aromatic carbocycles. The zero-order valence-electron chi connectivity index (χ0n) is 14.8. The number of benzene rings is 2. The lowest BCUT2D eigenvalue weighted by molar-refractivity contribution is -0.118. The van der Waals surface area contributed by atoms with Crippen molar-refractivity contribution in [3.63, 3.8) is 0 Å². The molecule has 0 aliphatic carbocycles. The van der Waals surface area contributed by atoms with Gasteiger partial charge >= 0.3 is 0 Å². The molecule has 3 nitrogen and oxygen atoms in total. The van der Waals surface area contributed by atoms with Gasteiger partial charge in [-0.25, -0.2) is 4.98 Å². The van der Waals surface area contributed by atoms with Gasteiger partial charge in [-0.05, 0) is 29.7 Å². The highest BCUT2D eigenvalue weighted by molar-refractivity contribution is 8.00. The Bertz CT molecular complexity index is 823. The number of carbonyl (C=O) groups is 1. The van der Waals surface area contributed by atoms with E-state index >= 15 is 0 Å². The van der Waals surface area contributed by atoms with Crippen molar-refractivity contribution in [3.05, 3.63) is 87.3 Å². The molecule has 0 saturated carbocycles. The molecule has 0 aliphatic heterocycles. The lowest BCUT2D eigenvalue weighted by Crippen LogP contribution is -2.26. The third-order valence-corrected chi connectivity index (χ3v) is 6.43. The molecule has 1 amide bonds. The number of aryl methyl sites for hydroxylation is 1. The number of hydrogen-bond acceptors (Lipinski definition) is 4. The molecule has 3 rings (SSSR count). The molecule has 140 valence electrons. The standard InChI is InChI=1S/C21H21ClN2OS2/c22-18-10-8-17(9-11-18)21(16-5-2-1-3-6-16)27-15-19(25)23-12-4-7-20-24-13-14-26-20/h1-3,5-6,8-11,13-14,21H,4,7,12,15H2,(H,23,25)/t21-/m1/s1. The molecule has 0 spiro atoms. The molecule has 1 aromatic heterocycles. The largest absolute Gasteiger partial charge is 0.355 e. The number of carbonyl (C=O) groups excluding carboxylic acids is 1. The van der Waals surface area contributed by atoms with Crippen LogP contribution in [0.3, 0.4) is 0 Å². The van der Waals surface area contributed by atoms with Gasteiger partial charge in [-0.15, -0.1) is 23.1 Å². The number of hydrogen-bond donors (Lipinski definition) is 1. The summed E-state index contributed by atoms with van der Waals surface area (Å²) >= 11 is 9.31. The van der Waals surface area contributed by atoms with Crippen molar-refractivity contribution in [3.8, 4) is 0 Å². The molecule has 0 bridgehead atoms. The van der Waals surface area contributed by atoms with Gasteiger partial charge in [0.25, 0.3) is 0 Å². The maximum Gasteiger partial charge on any atom is 0.230 e. The van der Waals surface area contributed by atoms with E-state index < -0.39 is 0 Å². The van der Waals surface area contributed by atoms with Gasteiger partial charge in [0.1, 0.15) is 0 Å². The normalized spacial score (nSPS) is 11.9. The Balaban J connectivity index is 1.53. The Morgan fingerprint density at radius 3 is 2.56 bits per heavy atom. The van der Waals surface area contributed by atoms with Crippen molar-refractivity contribution in [1.82, 2.24) is 10.3 Å². The van der Waals surface area contributed by atoms with Crippen LogP contribution >= 0.6 is 34.7 Å². The lowest BCUT2D eigenvalue weighted by Gasteiger charge is -2.18. The highest BCUT2D eigenvalue weighted by Crippen LogP contribution is 2.35. The summed E-state index contributed by atoms with van der Waals surface area (Å²) in [5, 5.41) is 6.92. The molecule has 6 heteroatoms. The summed E-state index contributed by atoms with van der Waals surface area (Å²) in [6.45, 7) is 0.677. The first-order valence-electron chi connectivity index (χ1n) is 8.79. The molecule has 0 fully saturated rings. The van der Waals surface area contributed by atoms with Crippen molar-refractivity contribution in [1.29, 1.82) is 0 Å². The topological polar surface area (TPSA) is 42.0 Å². The molecule has 1 heterocycles. The summed E-state index contributed by atoms with van der Waals surface area (Å²) in [4.78, 5) is 16.5. The van der Waals surface area contributed by atoms with Crippen molar-refractivity contribution < 1.29 is 4.79 Å². The Hall–Kier alpha value is -1.82. The smallest absolute Gasteiger partial charge is 0.230 e. The monoisotopic (exact) mass is 416 g/mol. The summed E-state index contributed by atoms with van der Waals surface area (Å²) < 4.78 is 0. The Morgan fingerprint density at radius 1 is 1.11 bits per heavy atom. The summed E-state index contributed by atoms with van der Waals surface area (Å²) in [6, 6.07) is 18.1. The maximum atomic E-state index is 12.3. The molecule has 27 heavy (non-hydrogen) atoms. The first kappa shape index (κ1) is 19.9. The predicted molar refractivity (Wildman–Crippen MR) is 116 cm³/mol. The molecule has 0 unspecified atom stereocenters. The van der Waals surface area contributed by atoms with Crippen LogP contribution in [0.5, 0.6) is 0 Å². The van der Waals surface area contributed by atoms with Crippen LogP contribution in [0.25, 0.3) is 0 Å². The van der Waals surface area contributed by atoms with Gasteiger partial charge < -0.3 is 5.32 Å². The van der Waals surface area contributed by atoms with Crippen LogP contribution in [0.15, 0.2) is 66.2 Å². The Labute approximate surface area is 173 Å². The second kappa shape index (κ2) is 10.5. The quantitative estimate of drug-likeness (QED) is 0.477. The Morgan fingerprint density at radius 2 is 1.85 bits per heavy atom. The zero-order valence-corrected chi connectivity index (χ0v) is 17.2. The van der Waals surface area contributed by atoms with Crippen molar-refractivity contribution in [2.24, 2.45) is 0 Å². The number of thioether (sulfide) groups is 1. The van der Waals surface area contributed by atoms with Crippen molar-refractivity contribution in [2.45, 2.75) is 18.1 Å². The van der Waals surface area contributed by atoms with E-state index in [9.17, 15) is 4.79 Å². The lowest BCUT2D eigenvalue weighted by atomic mass is 10.0. The minimum Gasteiger partial charge on any atom is -0.355 e. The zero-order chi connectivity index (χ0) is 18.9. The fraction of sp³-hybridized carbons (Fsp3) is 0.238. The maximum absolute atomic E-state index is 12.3. The third kappa shape index (κ3) is 6.38. The van der Waals surface area contributed by atoms with Crippen LogP contribution in [0.4, 0.5) is 0 Å². The number of rotatable bonds is 9. The molecule has 0 radical (unpaired) electrons. The van der Waals surface area contributed by atoms with Crippen LogP contribution < -0.4 is 5.32 Å². The minimum atomic E-state index is 0.0639. The minimum absolute atomic E-state index is 0.0639. The first-order chi connectivity index (χ1) is 13.2. The van der Waals surface area contributed by atoms with Crippen LogP contribution in [0, 0.1) is 0 Å². The van der Waals surface area contributed by atoms with Crippen LogP contribution in [-0.4, -0.2) is 23.2 Å². The fourth-order valence-electron chi connectivity index (χ4n) is 2.70. The molecule has 0 saturated heterocycles. The first-order valence-corrected chi connectivity index (χ1v) is 11.1. The Kier molecular flexibility index (Phi) is 7.75. The molecular weight excluding hydrogens is 396 g/mol. The van der Waals surface area contributed by atoms with Crippen LogP contribution in [-0.2, 0) is 11.2 Å². The second-order valence-corrected chi connectivity index (χ2v) is 8.54. The number of nitrogens with zero attached hydrogens (tertiary/aromatic N) is 1.